The summed E-state index contributed by atoms with van der Waals surface area (Å²) in [6.07, 6.45) is 0.492. The second kappa shape index (κ2) is 4.37. The van der Waals surface area contributed by atoms with E-state index in [0.717, 1.165) is 0 Å². The van der Waals surface area contributed by atoms with Crippen LogP contribution in [-0.2, 0) is 6.42 Å². The molecule has 0 saturated carbocycles. The Kier molecular flexibility index (Phi) is 2.91. The molecule has 0 aliphatic carbocycles. The molecule has 0 aliphatic rings. The summed E-state index contributed by atoms with van der Waals surface area (Å²) in [4.78, 5) is 11.1. The van der Waals surface area contributed by atoms with E-state index in [2.05, 4.69) is 5.16 Å². The number of nitrogens with zero attached hydrogens (tertiary/aromatic N) is 1. The van der Waals surface area contributed by atoms with Crippen molar-refractivity contribution in [3.8, 4) is 11.3 Å². The molecule has 0 bridgehead atoms. The summed E-state index contributed by atoms with van der Waals surface area (Å²) in [7, 11) is 0. The van der Waals surface area contributed by atoms with Crippen LogP contribution in [-0.4, -0.2) is 11.1 Å². The van der Waals surface area contributed by atoms with Crippen molar-refractivity contribution in [3.63, 3.8) is 0 Å². The first-order chi connectivity index (χ1) is 8.15. The largest absolute Gasteiger partial charge is 0.364 e. The number of hydrogen-bond acceptors (Lipinski definition) is 3. The molecule has 5 heteroatoms. The number of amides is 1. The Morgan fingerprint density at radius 2 is 2.18 bits per heavy atom. The van der Waals surface area contributed by atoms with Crippen LogP contribution >= 0.6 is 0 Å². The first kappa shape index (κ1) is 11.3. The number of carbonyl (C=O) groups is 1. The number of hydrogen-bond donors (Lipinski definition) is 1. The Morgan fingerprint density at radius 1 is 1.47 bits per heavy atom. The summed E-state index contributed by atoms with van der Waals surface area (Å²) < 4.78 is 18.6. The summed E-state index contributed by atoms with van der Waals surface area (Å²) in [6.45, 7) is 1.82. The first-order valence-corrected chi connectivity index (χ1v) is 5.18. The lowest BCUT2D eigenvalue weighted by atomic mass is 10.0. The fourth-order valence-electron chi connectivity index (χ4n) is 1.69. The van der Waals surface area contributed by atoms with E-state index in [1.165, 1.54) is 6.07 Å². The van der Waals surface area contributed by atoms with E-state index >= 15 is 0 Å². The third-order valence-electron chi connectivity index (χ3n) is 2.49. The van der Waals surface area contributed by atoms with Crippen molar-refractivity contribution < 1.29 is 13.7 Å². The van der Waals surface area contributed by atoms with Crippen LogP contribution in [0.15, 0.2) is 28.8 Å². The summed E-state index contributed by atoms with van der Waals surface area (Å²) in [5, 5.41) is 3.59. The highest BCUT2D eigenvalue weighted by Crippen LogP contribution is 2.28. The van der Waals surface area contributed by atoms with E-state index in [4.69, 9.17) is 10.3 Å². The van der Waals surface area contributed by atoms with Gasteiger partial charge in [0.05, 0.1) is 5.56 Å². The average Bonchev–Trinajstić information content (AvgIpc) is 2.73. The van der Waals surface area contributed by atoms with Gasteiger partial charge < -0.3 is 10.3 Å². The maximum Gasteiger partial charge on any atom is 0.271 e. The molecule has 0 fully saturated rings. The Bertz CT molecular complexity index is 563. The number of benzene rings is 1. The lowest BCUT2D eigenvalue weighted by Gasteiger charge is -2.00. The molecule has 88 valence electrons. The molecule has 0 saturated heterocycles. The zero-order chi connectivity index (χ0) is 12.4. The van der Waals surface area contributed by atoms with E-state index in [1.807, 2.05) is 6.92 Å². The van der Waals surface area contributed by atoms with Crippen LogP contribution < -0.4 is 5.73 Å². The van der Waals surface area contributed by atoms with Gasteiger partial charge in [0.1, 0.15) is 5.82 Å². The van der Waals surface area contributed by atoms with Crippen molar-refractivity contribution in [2.45, 2.75) is 13.3 Å². The van der Waals surface area contributed by atoms with Gasteiger partial charge in [-0.25, -0.2) is 4.39 Å². The fourth-order valence-corrected chi connectivity index (χ4v) is 1.69. The summed E-state index contributed by atoms with van der Waals surface area (Å²) in [5.74, 6) is -0.832. The van der Waals surface area contributed by atoms with Gasteiger partial charge in [0.25, 0.3) is 5.91 Å². The minimum absolute atomic E-state index is 0.0609. The van der Waals surface area contributed by atoms with Gasteiger partial charge in [-0.1, -0.05) is 24.2 Å². The second-order valence-corrected chi connectivity index (χ2v) is 3.54. The van der Waals surface area contributed by atoms with Gasteiger partial charge in [-0.05, 0) is 18.6 Å². The molecular weight excluding hydrogens is 223 g/mol. The quantitative estimate of drug-likeness (QED) is 0.884. The predicted molar refractivity (Wildman–Crippen MR) is 59.8 cm³/mol. The van der Waals surface area contributed by atoms with E-state index in [9.17, 15) is 9.18 Å². The highest BCUT2D eigenvalue weighted by atomic mass is 19.1. The summed E-state index contributed by atoms with van der Waals surface area (Å²) >= 11 is 0. The van der Waals surface area contributed by atoms with Crippen LogP contribution in [0.4, 0.5) is 4.39 Å². The number of primary amides is 1. The van der Waals surface area contributed by atoms with Crippen LogP contribution in [0, 0.1) is 5.82 Å². The Hall–Kier alpha value is -2.17. The zero-order valence-electron chi connectivity index (χ0n) is 9.24. The lowest BCUT2D eigenvalue weighted by molar-refractivity contribution is 0.0991. The Balaban J connectivity index is 2.61. The van der Waals surface area contributed by atoms with Crippen LogP contribution in [0.5, 0.6) is 0 Å². The van der Waals surface area contributed by atoms with Gasteiger partial charge in [0.15, 0.2) is 11.5 Å². The van der Waals surface area contributed by atoms with Crippen LogP contribution in [0.2, 0.25) is 0 Å². The van der Waals surface area contributed by atoms with Crippen molar-refractivity contribution in [1.29, 1.82) is 0 Å². The molecule has 1 aromatic carbocycles. The molecule has 4 nitrogen and oxygen atoms in total. The monoisotopic (exact) mass is 234 g/mol. The molecular formula is C12H11FN2O2. The molecule has 0 aliphatic heterocycles. The van der Waals surface area contributed by atoms with Gasteiger partial charge in [-0.3, -0.25) is 4.79 Å². The highest BCUT2D eigenvalue weighted by molar-refractivity contribution is 5.93. The number of aromatic nitrogens is 1. The van der Waals surface area contributed by atoms with Gasteiger partial charge in [-0.2, -0.15) is 0 Å². The van der Waals surface area contributed by atoms with Crippen molar-refractivity contribution >= 4 is 5.91 Å². The average molecular weight is 234 g/mol. The third kappa shape index (κ3) is 1.91. The van der Waals surface area contributed by atoms with E-state index in [-0.39, 0.29) is 17.0 Å². The molecule has 0 unspecified atom stereocenters. The Morgan fingerprint density at radius 3 is 2.76 bits per heavy atom. The predicted octanol–water partition coefficient (Wildman–Crippen LogP) is 2.14. The standard InChI is InChI=1S/C12H11FN2O2/c1-2-7-10(12(14)16)15-17-11(7)8-5-3-4-6-9(8)13/h3-6H,2H2,1H3,(H2,14,16). The van der Waals surface area contributed by atoms with Crippen molar-refractivity contribution in [1.82, 2.24) is 5.16 Å². The van der Waals surface area contributed by atoms with Crippen molar-refractivity contribution in [2.75, 3.05) is 0 Å². The number of carbonyl (C=O) groups excluding carboxylic acids is 1. The number of halogens is 1. The molecule has 1 aromatic heterocycles. The minimum Gasteiger partial charge on any atom is -0.364 e. The van der Waals surface area contributed by atoms with Crippen molar-refractivity contribution in [3.05, 3.63) is 41.3 Å². The maximum atomic E-state index is 13.6. The third-order valence-corrected chi connectivity index (χ3v) is 2.49. The molecule has 2 aromatic rings. The lowest BCUT2D eigenvalue weighted by Crippen LogP contribution is -2.13. The smallest absolute Gasteiger partial charge is 0.271 e. The minimum atomic E-state index is -0.673. The SMILES string of the molecule is CCc1c(C(N)=O)noc1-c1ccccc1F. The highest BCUT2D eigenvalue weighted by Gasteiger charge is 2.21. The number of nitrogens with two attached hydrogens (primary N) is 1. The Labute approximate surface area is 97.2 Å². The maximum absolute atomic E-state index is 13.6. The summed E-state index contributed by atoms with van der Waals surface area (Å²) in [5.41, 5.74) is 6.04. The van der Waals surface area contributed by atoms with Crippen LogP contribution in [0.1, 0.15) is 23.0 Å². The fraction of sp³-hybridized carbons (Fsp3) is 0.167. The molecule has 2 N–H and O–H groups in total. The van der Waals surface area contributed by atoms with Gasteiger partial charge in [0, 0.05) is 5.56 Å². The van der Waals surface area contributed by atoms with E-state index < -0.39 is 11.7 Å². The van der Waals surface area contributed by atoms with Crippen LogP contribution in [0.25, 0.3) is 11.3 Å². The number of rotatable bonds is 3. The van der Waals surface area contributed by atoms with Gasteiger partial charge in [0.2, 0.25) is 0 Å². The molecule has 2 rings (SSSR count). The molecule has 0 spiro atoms. The first-order valence-electron chi connectivity index (χ1n) is 5.18. The molecule has 1 heterocycles. The van der Waals surface area contributed by atoms with Gasteiger partial charge in [-0.15, -0.1) is 0 Å². The zero-order valence-corrected chi connectivity index (χ0v) is 9.24. The van der Waals surface area contributed by atoms with Crippen molar-refractivity contribution in [2.24, 2.45) is 5.73 Å². The molecule has 1 amide bonds. The van der Waals surface area contributed by atoms with Crippen LogP contribution in [0.3, 0.4) is 0 Å². The molecule has 17 heavy (non-hydrogen) atoms. The van der Waals surface area contributed by atoms with E-state index in [0.29, 0.717) is 12.0 Å². The molecule has 0 radical (unpaired) electrons. The summed E-state index contributed by atoms with van der Waals surface area (Å²) in [6, 6.07) is 6.15. The van der Waals surface area contributed by atoms with E-state index in [1.54, 1.807) is 18.2 Å². The van der Waals surface area contributed by atoms with Gasteiger partial charge >= 0.3 is 0 Å². The molecule has 0 atom stereocenters. The normalized spacial score (nSPS) is 10.5. The topological polar surface area (TPSA) is 69.1 Å². The second-order valence-electron chi connectivity index (χ2n) is 3.54.